The van der Waals surface area contributed by atoms with Crippen molar-refractivity contribution in [2.24, 2.45) is 0 Å². The first-order chi connectivity index (χ1) is 8.43. The molecule has 0 aromatic carbocycles. The average molecular weight is 176 g/mol. The van der Waals surface area contributed by atoms with Gasteiger partial charge < -0.3 is 10.2 Å². The van der Waals surface area contributed by atoms with Crippen LogP contribution in [0.15, 0.2) is 16.8 Å². The molecule has 1 saturated heterocycles. The van der Waals surface area contributed by atoms with Gasteiger partial charge in [-0.3, -0.25) is 0 Å². The van der Waals surface area contributed by atoms with Crippen molar-refractivity contribution >= 4 is 17.0 Å². The van der Waals surface area contributed by atoms with E-state index in [0.717, 1.165) is 0 Å². The maximum absolute atomic E-state index is 7.85. The zero-order valence-electron chi connectivity index (χ0n) is 13.6. The molecule has 0 spiro atoms. The van der Waals surface area contributed by atoms with Crippen molar-refractivity contribution in [2.45, 2.75) is 0 Å². The molecule has 1 fully saturated rings. The Balaban J connectivity index is 2.63. The minimum atomic E-state index is -2.75. The van der Waals surface area contributed by atoms with Crippen LogP contribution in [-0.2, 0) is 0 Å². The summed E-state index contributed by atoms with van der Waals surface area (Å²) in [6, 6.07) is 1.43. The molecular formula is C8H12N2S. The first-order valence-electron chi connectivity index (χ1n) is 7.05. The highest BCUT2D eigenvalue weighted by atomic mass is 32.1. The van der Waals surface area contributed by atoms with Gasteiger partial charge >= 0.3 is 0 Å². The van der Waals surface area contributed by atoms with Crippen LogP contribution < -0.4 is 10.2 Å². The fourth-order valence-electron chi connectivity index (χ4n) is 0.741. The Morgan fingerprint density at radius 3 is 3.00 bits per heavy atom. The van der Waals surface area contributed by atoms with Crippen LogP contribution in [0.1, 0.15) is 11.0 Å². The van der Waals surface area contributed by atoms with E-state index in [-0.39, 0.29) is 5.69 Å². The molecule has 11 heavy (non-hydrogen) atoms. The standard InChI is InChI=1S/C8H12N2S/c1-6-11-7-8(1)10-4-2-9-3-5-10/h1,6-7,9H,2-5H2/i2D2,3D2,4D2,5D2. The molecule has 0 bridgehead atoms. The maximum atomic E-state index is 7.85. The molecule has 1 N–H and O–H groups in total. The van der Waals surface area contributed by atoms with Gasteiger partial charge in [0.1, 0.15) is 0 Å². The summed E-state index contributed by atoms with van der Waals surface area (Å²) < 4.78 is 61.9. The van der Waals surface area contributed by atoms with Gasteiger partial charge in [0.05, 0.1) is 5.48 Å². The van der Waals surface area contributed by atoms with Crippen molar-refractivity contribution < 1.29 is 11.0 Å². The van der Waals surface area contributed by atoms with Crippen molar-refractivity contribution in [1.82, 2.24) is 5.32 Å². The molecule has 2 rings (SSSR count). The molecule has 0 saturated carbocycles. The molecule has 0 atom stereocenters. The molecule has 1 aromatic heterocycles. The lowest BCUT2D eigenvalue weighted by Crippen LogP contribution is -2.43. The number of hydrogen-bond acceptors (Lipinski definition) is 3. The van der Waals surface area contributed by atoms with Gasteiger partial charge in [-0.2, -0.15) is 11.3 Å². The number of nitrogens with zero attached hydrogens (tertiary/aromatic N) is 1. The fraction of sp³-hybridized carbons (Fsp3) is 0.500. The summed E-state index contributed by atoms with van der Waals surface area (Å²) in [5, 5.41) is 4.83. The Hall–Kier alpha value is -0.540. The number of hydrogen-bond donors (Lipinski definition) is 1. The molecule has 0 aliphatic carbocycles. The third-order valence-corrected chi connectivity index (χ3v) is 1.90. The Bertz CT molecular complexity index is 445. The Morgan fingerprint density at radius 1 is 1.55 bits per heavy atom. The predicted molar refractivity (Wildman–Crippen MR) is 49.4 cm³/mol. The first kappa shape index (κ1) is 2.47. The van der Waals surface area contributed by atoms with E-state index in [9.17, 15) is 0 Å². The normalized spacial score (nSPS) is 47.8. The predicted octanol–water partition coefficient (Wildman–Crippen LogP) is 1.16. The lowest BCUT2D eigenvalue weighted by atomic mass is 10.3. The summed E-state index contributed by atoms with van der Waals surface area (Å²) in [6.45, 7) is -11.0. The molecule has 1 aliphatic rings. The van der Waals surface area contributed by atoms with Crippen LogP contribution in [0.3, 0.4) is 0 Å². The fourth-order valence-corrected chi connectivity index (χ4v) is 1.36. The van der Waals surface area contributed by atoms with Crippen LogP contribution in [0.5, 0.6) is 0 Å². The molecule has 3 heteroatoms. The van der Waals surface area contributed by atoms with Gasteiger partial charge in [-0.15, -0.1) is 0 Å². The Kier molecular flexibility index (Phi) is 0.728. The summed E-state index contributed by atoms with van der Waals surface area (Å²) in [5.41, 5.74) is 0.106. The topological polar surface area (TPSA) is 15.3 Å². The van der Waals surface area contributed by atoms with E-state index in [4.69, 9.17) is 11.0 Å². The quantitative estimate of drug-likeness (QED) is 0.691. The minimum absolute atomic E-state index is 0.106. The minimum Gasteiger partial charge on any atom is -0.368 e. The van der Waals surface area contributed by atoms with Crippen LogP contribution in [-0.4, -0.2) is 26.0 Å². The number of piperazine rings is 1. The van der Waals surface area contributed by atoms with Crippen molar-refractivity contribution in [1.29, 1.82) is 0 Å². The van der Waals surface area contributed by atoms with Gasteiger partial charge in [0.15, 0.2) is 0 Å². The van der Waals surface area contributed by atoms with Crippen LogP contribution in [0, 0.1) is 0 Å². The summed E-state index contributed by atoms with van der Waals surface area (Å²) in [4.78, 5) is 0.521. The van der Waals surface area contributed by atoms with Gasteiger partial charge in [0, 0.05) is 42.5 Å². The Labute approximate surface area is 82.1 Å². The van der Waals surface area contributed by atoms with Gasteiger partial charge in [-0.05, 0) is 11.4 Å². The SMILES string of the molecule is [2H]C1([2H])NC([2H])([2H])C([2H])([2H])N(c2ccsc2)C1([2H])[2H]. The van der Waals surface area contributed by atoms with E-state index >= 15 is 0 Å². The number of anilines is 1. The number of rotatable bonds is 1. The molecule has 1 aliphatic heterocycles. The molecule has 60 valence electrons. The zero-order valence-corrected chi connectivity index (χ0v) is 6.40. The monoisotopic (exact) mass is 176 g/mol. The van der Waals surface area contributed by atoms with E-state index in [1.807, 2.05) is 0 Å². The average Bonchev–Trinajstić information content (AvgIpc) is 2.66. The lowest BCUT2D eigenvalue weighted by molar-refractivity contribution is 0.590. The van der Waals surface area contributed by atoms with E-state index in [2.05, 4.69) is 0 Å². The second-order valence-electron chi connectivity index (χ2n) is 1.92. The second kappa shape index (κ2) is 3.24. The number of nitrogens with one attached hydrogen (secondary N) is 1. The zero-order chi connectivity index (χ0) is 14.7. The van der Waals surface area contributed by atoms with Crippen molar-refractivity contribution in [3.8, 4) is 0 Å². The molecular weight excluding hydrogens is 156 g/mol. The van der Waals surface area contributed by atoms with E-state index < -0.39 is 26.0 Å². The molecule has 0 radical (unpaired) electrons. The largest absolute Gasteiger partial charge is 0.368 e. The summed E-state index contributed by atoms with van der Waals surface area (Å²) in [5.74, 6) is 0. The maximum Gasteiger partial charge on any atom is 0.0506 e. The van der Waals surface area contributed by atoms with Crippen molar-refractivity contribution in [3.05, 3.63) is 16.8 Å². The van der Waals surface area contributed by atoms with Crippen LogP contribution in [0.25, 0.3) is 0 Å². The summed E-state index contributed by atoms with van der Waals surface area (Å²) >= 11 is 1.19. The van der Waals surface area contributed by atoms with E-state index in [1.165, 1.54) is 22.8 Å². The molecule has 2 nitrogen and oxygen atoms in total. The van der Waals surface area contributed by atoms with Gasteiger partial charge in [0.2, 0.25) is 0 Å². The van der Waals surface area contributed by atoms with Gasteiger partial charge in [0.25, 0.3) is 0 Å². The highest BCUT2D eigenvalue weighted by Crippen LogP contribution is 2.17. The van der Waals surface area contributed by atoms with Crippen LogP contribution >= 0.6 is 11.3 Å². The first-order valence-corrected chi connectivity index (χ1v) is 4.00. The van der Waals surface area contributed by atoms with Gasteiger partial charge in [-0.25, -0.2) is 0 Å². The van der Waals surface area contributed by atoms with Crippen molar-refractivity contribution in [3.63, 3.8) is 0 Å². The van der Waals surface area contributed by atoms with Crippen LogP contribution in [0.4, 0.5) is 5.69 Å². The Morgan fingerprint density at radius 2 is 2.36 bits per heavy atom. The summed E-state index contributed by atoms with van der Waals surface area (Å²) in [6.07, 6.45) is 0. The van der Waals surface area contributed by atoms with E-state index in [1.54, 1.807) is 10.7 Å². The highest BCUT2D eigenvalue weighted by Gasteiger charge is 2.09. The third-order valence-electron chi connectivity index (χ3n) is 1.22. The van der Waals surface area contributed by atoms with Crippen molar-refractivity contribution in [2.75, 3.05) is 30.9 Å². The molecule has 0 amide bonds. The molecule has 2 heterocycles. The molecule has 0 unspecified atom stereocenters. The highest BCUT2D eigenvalue weighted by molar-refractivity contribution is 7.08. The second-order valence-corrected chi connectivity index (χ2v) is 2.70. The molecule has 1 aromatic rings. The summed E-state index contributed by atoms with van der Waals surface area (Å²) in [7, 11) is 0. The third kappa shape index (κ3) is 1.54. The smallest absolute Gasteiger partial charge is 0.0506 e. The van der Waals surface area contributed by atoms with Gasteiger partial charge in [-0.1, -0.05) is 0 Å². The van der Waals surface area contributed by atoms with Crippen LogP contribution in [0.2, 0.25) is 0 Å². The lowest BCUT2D eigenvalue weighted by Gasteiger charge is -2.28. The number of thiophene rings is 1. The van der Waals surface area contributed by atoms with E-state index in [0.29, 0.717) is 4.90 Å².